The number of rotatable bonds is 4. The third-order valence-corrected chi connectivity index (χ3v) is 4.03. The molecule has 3 heteroatoms. The summed E-state index contributed by atoms with van der Waals surface area (Å²) < 4.78 is 0. The van der Waals surface area contributed by atoms with Gasteiger partial charge in [0, 0.05) is 18.2 Å². The van der Waals surface area contributed by atoms with E-state index in [4.69, 9.17) is 23.2 Å². The van der Waals surface area contributed by atoms with Crippen molar-refractivity contribution in [3.8, 4) is 11.1 Å². The number of hydrogen-bond acceptors (Lipinski definition) is 1. The summed E-state index contributed by atoms with van der Waals surface area (Å²) in [4.78, 5) is 0. The molecule has 1 nitrogen and oxygen atoms in total. The molecule has 0 radical (unpaired) electrons. The predicted octanol–water partition coefficient (Wildman–Crippen LogP) is 5.47. The normalized spacial score (nSPS) is 11.1. The summed E-state index contributed by atoms with van der Waals surface area (Å²) in [7, 11) is 0. The van der Waals surface area contributed by atoms with Crippen molar-refractivity contribution in [3.05, 3.63) is 57.6 Å². The van der Waals surface area contributed by atoms with Crippen LogP contribution in [-0.2, 0) is 6.54 Å². The van der Waals surface area contributed by atoms with Crippen molar-refractivity contribution in [2.75, 3.05) is 0 Å². The molecule has 0 aliphatic rings. The first-order valence-corrected chi connectivity index (χ1v) is 7.52. The molecule has 0 atom stereocenters. The molecule has 20 heavy (non-hydrogen) atoms. The lowest BCUT2D eigenvalue weighted by molar-refractivity contribution is 0.589. The quantitative estimate of drug-likeness (QED) is 0.790. The zero-order chi connectivity index (χ0) is 14.7. The molecule has 2 rings (SSSR count). The third kappa shape index (κ3) is 3.54. The summed E-state index contributed by atoms with van der Waals surface area (Å²) in [5.41, 5.74) is 4.58. The molecule has 0 unspecified atom stereocenters. The molecule has 2 aromatic rings. The Morgan fingerprint density at radius 1 is 1.05 bits per heavy atom. The monoisotopic (exact) mass is 307 g/mol. The van der Waals surface area contributed by atoms with Crippen molar-refractivity contribution in [1.29, 1.82) is 0 Å². The molecule has 106 valence electrons. The lowest BCUT2D eigenvalue weighted by atomic mass is 9.97. The number of halogens is 2. The van der Waals surface area contributed by atoms with E-state index < -0.39 is 0 Å². The Bertz CT molecular complexity index is 606. The van der Waals surface area contributed by atoms with Crippen LogP contribution in [0.5, 0.6) is 0 Å². The van der Waals surface area contributed by atoms with Gasteiger partial charge in [-0.05, 0) is 24.1 Å². The largest absolute Gasteiger partial charge is 0.310 e. The van der Waals surface area contributed by atoms with Crippen molar-refractivity contribution in [2.24, 2.45) is 0 Å². The van der Waals surface area contributed by atoms with Crippen LogP contribution in [0.25, 0.3) is 11.1 Å². The number of benzene rings is 2. The van der Waals surface area contributed by atoms with E-state index in [0.29, 0.717) is 16.1 Å². The molecule has 0 spiro atoms. The average Bonchev–Trinajstić information content (AvgIpc) is 2.40. The smallest absolute Gasteiger partial charge is 0.0670 e. The molecule has 0 saturated heterocycles. The summed E-state index contributed by atoms with van der Waals surface area (Å²) in [6.07, 6.45) is 0. The van der Waals surface area contributed by atoms with Gasteiger partial charge >= 0.3 is 0 Å². The zero-order valence-corrected chi connectivity index (χ0v) is 13.5. The lowest BCUT2D eigenvalue weighted by Crippen LogP contribution is -2.22. The van der Waals surface area contributed by atoms with E-state index in [1.54, 1.807) is 0 Å². The fourth-order valence-electron chi connectivity index (χ4n) is 2.12. The molecule has 1 N–H and O–H groups in total. The van der Waals surface area contributed by atoms with Gasteiger partial charge in [0.1, 0.15) is 0 Å². The Morgan fingerprint density at radius 2 is 1.80 bits per heavy atom. The van der Waals surface area contributed by atoms with Gasteiger partial charge in [-0.3, -0.25) is 0 Å². The number of nitrogens with one attached hydrogen (secondary N) is 1. The van der Waals surface area contributed by atoms with Gasteiger partial charge in [0.15, 0.2) is 0 Å². The van der Waals surface area contributed by atoms with Crippen LogP contribution in [0.1, 0.15) is 25.0 Å². The Kier molecular flexibility index (Phi) is 5.09. The van der Waals surface area contributed by atoms with Crippen molar-refractivity contribution in [3.63, 3.8) is 0 Å². The molecule has 2 aromatic carbocycles. The van der Waals surface area contributed by atoms with E-state index in [1.807, 2.05) is 18.2 Å². The maximum absolute atomic E-state index is 6.36. The molecule has 0 aliphatic heterocycles. The fourth-order valence-corrected chi connectivity index (χ4v) is 2.52. The highest BCUT2D eigenvalue weighted by molar-refractivity contribution is 6.43. The van der Waals surface area contributed by atoms with Gasteiger partial charge in [-0.15, -0.1) is 0 Å². The maximum Gasteiger partial charge on any atom is 0.0670 e. The average molecular weight is 308 g/mol. The Hall–Kier alpha value is -1.02. The second-order valence-electron chi connectivity index (χ2n) is 5.30. The summed E-state index contributed by atoms with van der Waals surface area (Å²) in [5, 5.41) is 4.66. The molecule has 0 aromatic heterocycles. The Morgan fingerprint density at radius 3 is 2.50 bits per heavy atom. The van der Waals surface area contributed by atoms with Crippen LogP contribution in [0, 0.1) is 6.92 Å². The lowest BCUT2D eigenvalue weighted by Gasteiger charge is -2.15. The minimum absolute atomic E-state index is 0.444. The topological polar surface area (TPSA) is 12.0 Å². The van der Waals surface area contributed by atoms with Crippen LogP contribution in [0.2, 0.25) is 10.0 Å². The van der Waals surface area contributed by atoms with E-state index in [1.165, 1.54) is 11.1 Å². The molecule has 0 aliphatic carbocycles. The van der Waals surface area contributed by atoms with Crippen LogP contribution < -0.4 is 5.32 Å². The number of hydrogen-bond donors (Lipinski definition) is 1. The predicted molar refractivity (Wildman–Crippen MR) is 88.6 cm³/mol. The SMILES string of the molecule is Cc1ccc(CNC(C)C)c(-c2cccc(Cl)c2Cl)c1. The maximum atomic E-state index is 6.36. The Balaban J connectivity index is 2.48. The van der Waals surface area contributed by atoms with E-state index >= 15 is 0 Å². The molecular weight excluding hydrogens is 289 g/mol. The molecule has 0 amide bonds. The van der Waals surface area contributed by atoms with Gasteiger partial charge in [-0.1, -0.05) is 72.9 Å². The summed E-state index contributed by atoms with van der Waals surface area (Å²) in [6.45, 7) is 7.18. The van der Waals surface area contributed by atoms with Crippen molar-refractivity contribution in [1.82, 2.24) is 5.32 Å². The minimum Gasteiger partial charge on any atom is -0.310 e. The van der Waals surface area contributed by atoms with Crippen LogP contribution in [-0.4, -0.2) is 6.04 Å². The van der Waals surface area contributed by atoms with Gasteiger partial charge in [0.2, 0.25) is 0 Å². The molecule has 0 heterocycles. The zero-order valence-electron chi connectivity index (χ0n) is 12.0. The van der Waals surface area contributed by atoms with Crippen molar-refractivity contribution in [2.45, 2.75) is 33.4 Å². The second-order valence-corrected chi connectivity index (χ2v) is 6.08. The molecule has 0 bridgehead atoms. The fraction of sp³-hybridized carbons (Fsp3) is 0.294. The summed E-state index contributed by atoms with van der Waals surface area (Å²) >= 11 is 12.5. The summed E-state index contributed by atoms with van der Waals surface area (Å²) in [5.74, 6) is 0. The van der Waals surface area contributed by atoms with Crippen molar-refractivity contribution >= 4 is 23.2 Å². The standard InChI is InChI=1S/C17H19Cl2N/c1-11(2)20-10-13-8-7-12(3)9-15(13)14-5-4-6-16(18)17(14)19/h4-9,11,20H,10H2,1-3H3. The van der Waals surface area contributed by atoms with Crippen LogP contribution >= 0.6 is 23.2 Å². The number of aryl methyl sites for hydroxylation is 1. The molecule has 0 fully saturated rings. The van der Waals surface area contributed by atoms with Gasteiger partial charge in [-0.25, -0.2) is 0 Å². The third-order valence-electron chi connectivity index (χ3n) is 3.21. The highest BCUT2D eigenvalue weighted by atomic mass is 35.5. The first kappa shape index (κ1) is 15.4. The van der Waals surface area contributed by atoms with Crippen molar-refractivity contribution < 1.29 is 0 Å². The van der Waals surface area contributed by atoms with E-state index in [9.17, 15) is 0 Å². The Labute approximate surface area is 130 Å². The highest BCUT2D eigenvalue weighted by Crippen LogP contribution is 2.35. The van der Waals surface area contributed by atoms with Gasteiger partial charge in [-0.2, -0.15) is 0 Å². The van der Waals surface area contributed by atoms with Crippen LogP contribution in [0.4, 0.5) is 0 Å². The van der Waals surface area contributed by atoms with E-state index in [0.717, 1.165) is 17.7 Å². The van der Waals surface area contributed by atoms with Crippen LogP contribution in [0.3, 0.4) is 0 Å². The van der Waals surface area contributed by atoms with Crippen LogP contribution in [0.15, 0.2) is 36.4 Å². The highest BCUT2D eigenvalue weighted by Gasteiger charge is 2.11. The minimum atomic E-state index is 0.444. The van der Waals surface area contributed by atoms with Gasteiger partial charge in [0.05, 0.1) is 10.0 Å². The van der Waals surface area contributed by atoms with E-state index in [-0.39, 0.29) is 0 Å². The first-order valence-electron chi connectivity index (χ1n) is 6.76. The molecule has 0 saturated carbocycles. The molecular formula is C17H19Cl2N. The first-order chi connectivity index (χ1) is 9.49. The second kappa shape index (κ2) is 6.62. The summed E-state index contributed by atoms with van der Waals surface area (Å²) in [6, 6.07) is 12.6. The van der Waals surface area contributed by atoms with E-state index in [2.05, 4.69) is 44.3 Å². The van der Waals surface area contributed by atoms with Gasteiger partial charge in [0.25, 0.3) is 0 Å². The van der Waals surface area contributed by atoms with Gasteiger partial charge < -0.3 is 5.32 Å².